The van der Waals surface area contributed by atoms with Gasteiger partial charge >= 0.3 is 5.97 Å². The van der Waals surface area contributed by atoms with Crippen LogP contribution in [0.3, 0.4) is 0 Å². The highest BCUT2D eigenvalue weighted by molar-refractivity contribution is 6.31. The maximum atomic E-state index is 11.8. The van der Waals surface area contributed by atoms with Crippen LogP contribution in [0.1, 0.15) is 20.9 Å². The van der Waals surface area contributed by atoms with Crippen molar-refractivity contribution in [1.82, 2.24) is 0 Å². The zero-order valence-electron chi connectivity index (χ0n) is 11.1. The van der Waals surface area contributed by atoms with E-state index in [1.807, 2.05) is 0 Å². The lowest BCUT2D eigenvalue weighted by Gasteiger charge is -2.07. The number of anilines is 1. The molecule has 0 saturated carbocycles. The number of hydrogen-bond donors (Lipinski definition) is 3. The number of carbonyl (C=O) groups excluding carboxylic acids is 1. The Hall–Kier alpha value is -1.59. The van der Waals surface area contributed by atoms with E-state index in [1.54, 1.807) is 0 Å². The lowest BCUT2D eigenvalue weighted by molar-refractivity contribution is -0.138. The molecule has 0 saturated heterocycles. The number of hydrogen-bond acceptors (Lipinski definition) is 4. The molecule has 0 spiro atoms. The van der Waals surface area contributed by atoms with Crippen molar-refractivity contribution >= 4 is 29.0 Å². The molecule has 86 valence electrons. The van der Waals surface area contributed by atoms with Gasteiger partial charge in [0, 0.05) is 22.7 Å². The van der Waals surface area contributed by atoms with Gasteiger partial charge in [0.15, 0.2) is 5.78 Å². The topological polar surface area (TPSA) is 106 Å². The minimum atomic E-state index is -2.49. The molecule has 0 radical (unpaired) electrons. The van der Waals surface area contributed by atoms with Crippen molar-refractivity contribution < 1.29 is 18.8 Å². The van der Waals surface area contributed by atoms with Crippen LogP contribution < -0.4 is 11.5 Å². The molecule has 0 aliphatic heterocycles. The molecule has 1 rings (SSSR count). The number of ketones is 1. The molecule has 1 atom stereocenters. The van der Waals surface area contributed by atoms with E-state index in [1.165, 1.54) is 0 Å². The fourth-order valence-electron chi connectivity index (χ4n) is 1.01. The highest BCUT2D eigenvalue weighted by atomic mass is 35.5. The van der Waals surface area contributed by atoms with Crippen molar-refractivity contribution in [3.63, 3.8) is 0 Å². The van der Waals surface area contributed by atoms with Crippen molar-refractivity contribution in [2.45, 2.75) is 12.4 Å². The average Bonchev–Trinajstić information content (AvgIpc) is 2.30. The fourth-order valence-corrected chi connectivity index (χ4v) is 1.17. The Morgan fingerprint density at radius 1 is 1.69 bits per heavy atom. The highest BCUT2D eigenvalue weighted by Crippen LogP contribution is 2.19. The number of carbonyl (C=O) groups is 2. The minimum Gasteiger partial charge on any atom is -0.480 e. The number of benzene rings is 1. The molecular weight excluding hydrogens is 232 g/mol. The van der Waals surface area contributed by atoms with E-state index in [-0.39, 0.29) is 28.4 Å². The fraction of sp³-hybridized carbons (Fsp3) is 0.200. The summed E-state index contributed by atoms with van der Waals surface area (Å²) >= 11 is 5.62. The molecule has 6 heteroatoms. The summed E-state index contributed by atoms with van der Waals surface area (Å²) < 4.78 is 22.2. The van der Waals surface area contributed by atoms with Gasteiger partial charge in [-0.3, -0.25) is 9.59 Å². The summed E-state index contributed by atoms with van der Waals surface area (Å²) in [5, 5.41) is 8.46. The SMILES string of the molecule is [2H]c1cc(C(=O)C[C@]([2H])(N)C(=O)O)c(N)c([2H])c1Cl. The smallest absolute Gasteiger partial charge is 0.320 e. The van der Waals surface area contributed by atoms with Crippen molar-refractivity contribution in [3.05, 3.63) is 28.7 Å². The Bertz CT molecular complexity index is 563. The second-order valence-electron chi connectivity index (χ2n) is 2.99. The van der Waals surface area contributed by atoms with Crippen molar-refractivity contribution in [1.29, 1.82) is 0 Å². The van der Waals surface area contributed by atoms with Crippen molar-refractivity contribution in [3.8, 4) is 0 Å². The van der Waals surface area contributed by atoms with Crippen LogP contribution in [-0.2, 0) is 4.79 Å². The molecule has 5 nitrogen and oxygen atoms in total. The number of Topliss-reactive ketones (excluding diaryl/α,β-unsaturated/α-hetero) is 1. The summed E-state index contributed by atoms with van der Waals surface area (Å²) in [5.74, 6) is -2.50. The van der Waals surface area contributed by atoms with E-state index in [4.69, 9.17) is 32.3 Å². The number of nitrogens with two attached hydrogens (primary N) is 2. The van der Waals surface area contributed by atoms with Crippen LogP contribution in [0.25, 0.3) is 0 Å². The quantitative estimate of drug-likeness (QED) is 0.540. The second kappa shape index (κ2) is 4.96. The summed E-state index contributed by atoms with van der Waals surface area (Å²) in [6.45, 7) is 0. The van der Waals surface area contributed by atoms with Crippen LogP contribution in [0, 0.1) is 0 Å². The summed E-state index contributed by atoms with van der Waals surface area (Å²) in [6, 6.07) is -2.14. The van der Waals surface area contributed by atoms with E-state index in [2.05, 4.69) is 0 Å². The summed E-state index contributed by atoms with van der Waals surface area (Å²) in [6.07, 6.45) is -0.826. The lowest BCUT2D eigenvalue weighted by Crippen LogP contribution is -2.32. The van der Waals surface area contributed by atoms with Gasteiger partial charge in [0.2, 0.25) is 0 Å². The Kier molecular flexibility index (Phi) is 2.65. The third kappa shape index (κ3) is 2.95. The van der Waals surface area contributed by atoms with E-state index in [0.29, 0.717) is 0 Å². The van der Waals surface area contributed by atoms with Gasteiger partial charge in [-0.05, 0) is 18.2 Å². The van der Waals surface area contributed by atoms with E-state index in [9.17, 15) is 9.59 Å². The second-order valence-corrected chi connectivity index (χ2v) is 3.36. The molecule has 0 amide bonds. The molecule has 0 fully saturated rings. The Balaban J connectivity index is 3.19. The van der Waals surface area contributed by atoms with Gasteiger partial charge in [0.25, 0.3) is 0 Å². The van der Waals surface area contributed by atoms with Crippen LogP contribution in [-0.4, -0.2) is 22.9 Å². The molecule has 0 heterocycles. The van der Waals surface area contributed by atoms with Gasteiger partial charge in [-0.15, -0.1) is 0 Å². The van der Waals surface area contributed by atoms with E-state index >= 15 is 0 Å². The average molecular weight is 246 g/mol. The Morgan fingerprint density at radius 3 is 2.88 bits per heavy atom. The van der Waals surface area contributed by atoms with Crippen molar-refractivity contribution in [2.75, 3.05) is 5.73 Å². The first-order valence-corrected chi connectivity index (χ1v) is 4.56. The predicted molar refractivity (Wildman–Crippen MR) is 60.4 cm³/mol. The van der Waals surface area contributed by atoms with Gasteiger partial charge in [0.1, 0.15) is 6.02 Å². The molecule has 0 aromatic heterocycles. The van der Waals surface area contributed by atoms with Crippen LogP contribution >= 0.6 is 11.6 Å². The van der Waals surface area contributed by atoms with Gasteiger partial charge < -0.3 is 16.6 Å². The largest absolute Gasteiger partial charge is 0.480 e. The predicted octanol–water partition coefficient (Wildman–Crippen LogP) is 0.907. The molecule has 0 unspecified atom stereocenters. The number of halogens is 1. The molecule has 5 N–H and O–H groups in total. The number of aliphatic carboxylic acids is 1. The van der Waals surface area contributed by atoms with Crippen LogP contribution in [0.4, 0.5) is 5.69 Å². The summed E-state index contributed by atoms with van der Waals surface area (Å²) in [4.78, 5) is 22.5. The molecule has 16 heavy (non-hydrogen) atoms. The van der Waals surface area contributed by atoms with E-state index < -0.39 is 24.2 Å². The van der Waals surface area contributed by atoms with E-state index in [0.717, 1.165) is 6.07 Å². The first-order chi connectivity index (χ1) is 8.58. The number of nitrogen functional groups attached to an aromatic ring is 1. The first-order valence-electron chi connectivity index (χ1n) is 5.68. The Labute approximate surface area is 101 Å². The van der Waals surface area contributed by atoms with Gasteiger partial charge in [-0.1, -0.05) is 11.6 Å². The summed E-state index contributed by atoms with van der Waals surface area (Å²) in [7, 11) is 0. The van der Waals surface area contributed by atoms with Crippen LogP contribution in [0.2, 0.25) is 5.02 Å². The molecule has 1 aromatic rings. The van der Waals surface area contributed by atoms with Gasteiger partial charge in [0.05, 0.1) is 4.11 Å². The third-order valence-corrected chi connectivity index (χ3v) is 2.01. The third-order valence-electron chi connectivity index (χ3n) is 1.80. The van der Waals surface area contributed by atoms with Crippen LogP contribution in [0.15, 0.2) is 18.2 Å². The minimum absolute atomic E-state index is 0.211. The molecule has 1 aromatic carbocycles. The monoisotopic (exact) mass is 245 g/mol. The van der Waals surface area contributed by atoms with Crippen molar-refractivity contribution in [2.24, 2.45) is 5.73 Å². The molecular formula is C10H11ClN2O3. The summed E-state index contributed by atoms with van der Waals surface area (Å²) in [5.41, 5.74) is 10.2. The lowest BCUT2D eigenvalue weighted by atomic mass is 10.0. The van der Waals surface area contributed by atoms with Gasteiger partial charge in [-0.2, -0.15) is 0 Å². The number of carboxylic acids is 1. The highest BCUT2D eigenvalue weighted by Gasteiger charge is 2.18. The maximum absolute atomic E-state index is 11.8. The molecule has 0 bridgehead atoms. The van der Waals surface area contributed by atoms with Gasteiger partial charge in [-0.25, -0.2) is 0 Å². The molecule has 0 aliphatic carbocycles. The number of rotatable bonds is 4. The normalized spacial score (nSPS) is 16.8. The Morgan fingerprint density at radius 2 is 2.31 bits per heavy atom. The number of carboxylic acid groups (broad SMARTS) is 1. The zero-order valence-corrected chi connectivity index (χ0v) is 8.84. The van der Waals surface area contributed by atoms with Crippen LogP contribution in [0.5, 0.6) is 0 Å². The standard InChI is InChI=1S/C10H11ClN2O3/c11-5-1-2-6(7(12)3-5)9(14)4-8(13)10(15)16/h1-3,8H,4,12-13H2,(H,15,16)/t8-/m0/s1/i1D,3D,8D. The zero-order chi connectivity index (χ0) is 15.0. The molecule has 0 aliphatic rings. The first kappa shape index (κ1) is 8.55. The maximum Gasteiger partial charge on any atom is 0.320 e.